The van der Waals surface area contributed by atoms with Crippen molar-refractivity contribution in [2.24, 2.45) is 0 Å². The van der Waals surface area contributed by atoms with Crippen LogP contribution in [0.2, 0.25) is 0 Å². The predicted molar refractivity (Wildman–Crippen MR) is 120 cm³/mol. The van der Waals surface area contributed by atoms with Gasteiger partial charge in [0, 0.05) is 26.2 Å². The summed E-state index contributed by atoms with van der Waals surface area (Å²) in [6, 6.07) is 10.4. The molecule has 7 heteroatoms. The third kappa shape index (κ3) is 2.99. The number of benzene rings is 2. The molecule has 5 nitrogen and oxygen atoms in total. The minimum Gasteiger partial charge on any atom is -0.497 e. The maximum absolute atomic E-state index is 5.33. The zero-order valence-corrected chi connectivity index (χ0v) is 17.9. The van der Waals surface area contributed by atoms with Gasteiger partial charge in [0.2, 0.25) is 0 Å². The molecular formula is C21H22N4OS2. The molecule has 0 aliphatic carbocycles. The average molecular weight is 411 g/mol. The normalized spacial score (nSPS) is 15.0. The monoisotopic (exact) mass is 410 g/mol. The summed E-state index contributed by atoms with van der Waals surface area (Å²) in [6.07, 6.45) is 0. The van der Waals surface area contributed by atoms with Crippen molar-refractivity contribution in [2.45, 2.75) is 13.8 Å². The van der Waals surface area contributed by atoms with Crippen molar-refractivity contribution in [3.63, 3.8) is 0 Å². The molecule has 0 saturated carbocycles. The number of methoxy groups -OCH3 is 1. The second-order valence-corrected chi connectivity index (χ2v) is 9.16. The number of piperazine rings is 1. The van der Waals surface area contributed by atoms with Crippen LogP contribution in [0.3, 0.4) is 0 Å². The van der Waals surface area contributed by atoms with Crippen LogP contribution in [0.5, 0.6) is 5.75 Å². The number of hydrogen-bond acceptors (Lipinski definition) is 7. The average Bonchev–Trinajstić information content (AvgIpc) is 3.35. The number of fused-ring (bicyclic) bond motifs is 2. The highest BCUT2D eigenvalue weighted by molar-refractivity contribution is 7.22. The molecule has 0 radical (unpaired) electrons. The Morgan fingerprint density at radius 2 is 1.54 bits per heavy atom. The molecule has 0 bridgehead atoms. The van der Waals surface area contributed by atoms with E-state index < -0.39 is 0 Å². The van der Waals surface area contributed by atoms with Crippen molar-refractivity contribution in [3.8, 4) is 5.75 Å². The lowest BCUT2D eigenvalue weighted by Crippen LogP contribution is -2.46. The molecule has 2 aromatic heterocycles. The topological polar surface area (TPSA) is 41.5 Å². The van der Waals surface area contributed by atoms with Gasteiger partial charge in [-0.3, -0.25) is 0 Å². The van der Waals surface area contributed by atoms with Crippen molar-refractivity contribution < 1.29 is 4.74 Å². The van der Waals surface area contributed by atoms with Gasteiger partial charge in [0.1, 0.15) is 5.75 Å². The molecule has 0 atom stereocenters. The zero-order chi connectivity index (χ0) is 19.3. The molecule has 1 fully saturated rings. The van der Waals surface area contributed by atoms with Crippen molar-refractivity contribution in [1.29, 1.82) is 0 Å². The fraction of sp³-hybridized carbons (Fsp3) is 0.333. The van der Waals surface area contributed by atoms with Crippen LogP contribution in [0.25, 0.3) is 20.4 Å². The molecule has 144 valence electrons. The van der Waals surface area contributed by atoms with Crippen LogP contribution in [0, 0.1) is 13.8 Å². The lowest BCUT2D eigenvalue weighted by molar-refractivity contribution is 0.415. The third-order valence-corrected chi connectivity index (χ3v) is 7.67. The Morgan fingerprint density at radius 1 is 0.857 bits per heavy atom. The Labute approximate surface area is 172 Å². The molecule has 0 spiro atoms. The van der Waals surface area contributed by atoms with Gasteiger partial charge in [-0.25, -0.2) is 9.97 Å². The first-order chi connectivity index (χ1) is 13.6. The molecule has 0 unspecified atom stereocenters. The molecule has 5 rings (SSSR count). The molecule has 3 heterocycles. The number of thiazole rings is 2. The fourth-order valence-corrected chi connectivity index (χ4v) is 5.84. The molecule has 2 aromatic carbocycles. The highest BCUT2D eigenvalue weighted by Gasteiger charge is 2.22. The van der Waals surface area contributed by atoms with E-state index >= 15 is 0 Å². The quantitative estimate of drug-likeness (QED) is 0.483. The van der Waals surface area contributed by atoms with Crippen LogP contribution < -0.4 is 14.5 Å². The summed E-state index contributed by atoms with van der Waals surface area (Å²) in [5.74, 6) is 0.883. The number of aryl methyl sites for hydroxylation is 2. The molecule has 1 aliphatic heterocycles. The van der Waals surface area contributed by atoms with E-state index in [1.807, 2.05) is 23.5 Å². The Balaban J connectivity index is 1.35. The largest absolute Gasteiger partial charge is 0.497 e. The smallest absolute Gasteiger partial charge is 0.186 e. The summed E-state index contributed by atoms with van der Waals surface area (Å²) in [6.45, 7) is 8.18. The molecule has 1 saturated heterocycles. The number of rotatable bonds is 3. The van der Waals surface area contributed by atoms with Gasteiger partial charge in [0.05, 0.1) is 27.5 Å². The molecular weight excluding hydrogens is 388 g/mol. The first-order valence-corrected chi connectivity index (χ1v) is 11.1. The Bertz CT molecular complexity index is 1120. The van der Waals surface area contributed by atoms with Crippen molar-refractivity contribution in [2.75, 3.05) is 43.1 Å². The van der Waals surface area contributed by atoms with Crippen molar-refractivity contribution in [3.05, 3.63) is 41.5 Å². The maximum Gasteiger partial charge on any atom is 0.186 e. The SMILES string of the molecule is COc1ccc2nc(N3CCN(c4nc5c(C)ccc(C)c5s4)CC3)sc2c1. The van der Waals surface area contributed by atoms with Crippen LogP contribution in [0.15, 0.2) is 30.3 Å². The third-order valence-electron chi connectivity index (χ3n) is 5.34. The molecule has 0 amide bonds. The summed E-state index contributed by atoms with van der Waals surface area (Å²) >= 11 is 3.56. The Morgan fingerprint density at radius 3 is 2.21 bits per heavy atom. The van der Waals surface area contributed by atoms with E-state index in [1.165, 1.54) is 20.5 Å². The first-order valence-electron chi connectivity index (χ1n) is 9.43. The van der Waals surface area contributed by atoms with Gasteiger partial charge in [-0.15, -0.1) is 0 Å². The highest BCUT2D eigenvalue weighted by Crippen LogP contribution is 2.35. The van der Waals surface area contributed by atoms with Gasteiger partial charge in [-0.05, 0) is 43.2 Å². The lowest BCUT2D eigenvalue weighted by Gasteiger charge is -2.34. The van der Waals surface area contributed by atoms with E-state index in [9.17, 15) is 0 Å². The number of aromatic nitrogens is 2. The Hall–Kier alpha value is -2.38. The maximum atomic E-state index is 5.33. The van der Waals surface area contributed by atoms with Crippen LogP contribution in [0.4, 0.5) is 10.3 Å². The van der Waals surface area contributed by atoms with Crippen molar-refractivity contribution in [1.82, 2.24) is 9.97 Å². The van der Waals surface area contributed by atoms with Crippen LogP contribution in [-0.2, 0) is 0 Å². The molecule has 0 N–H and O–H groups in total. The summed E-state index contributed by atoms with van der Waals surface area (Å²) in [7, 11) is 1.70. The van der Waals surface area contributed by atoms with E-state index in [0.29, 0.717) is 0 Å². The standard InChI is InChI=1S/C21H22N4OS2/c1-13-4-5-14(2)19-18(13)23-21(28-19)25-10-8-24(9-11-25)20-22-16-7-6-15(26-3)12-17(16)27-20/h4-7,12H,8-11H2,1-3H3. The molecule has 28 heavy (non-hydrogen) atoms. The summed E-state index contributed by atoms with van der Waals surface area (Å²) < 4.78 is 7.83. The number of anilines is 2. The second-order valence-electron chi connectivity index (χ2n) is 7.18. The van der Waals surface area contributed by atoms with Gasteiger partial charge in [-0.2, -0.15) is 0 Å². The second kappa shape index (κ2) is 6.90. The van der Waals surface area contributed by atoms with E-state index in [-0.39, 0.29) is 0 Å². The number of hydrogen-bond donors (Lipinski definition) is 0. The van der Waals surface area contributed by atoms with Gasteiger partial charge >= 0.3 is 0 Å². The van der Waals surface area contributed by atoms with Gasteiger partial charge in [0.15, 0.2) is 10.3 Å². The van der Waals surface area contributed by atoms with E-state index in [4.69, 9.17) is 14.7 Å². The van der Waals surface area contributed by atoms with E-state index in [2.05, 4.69) is 41.8 Å². The van der Waals surface area contributed by atoms with Crippen molar-refractivity contribution >= 4 is 53.4 Å². The first kappa shape index (κ1) is 17.7. The van der Waals surface area contributed by atoms with E-state index in [1.54, 1.807) is 18.4 Å². The number of nitrogens with zero attached hydrogens (tertiary/aromatic N) is 4. The van der Waals surface area contributed by atoms with Crippen LogP contribution in [-0.4, -0.2) is 43.3 Å². The van der Waals surface area contributed by atoms with Crippen LogP contribution >= 0.6 is 22.7 Å². The summed E-state index contributed by atoms with van der Waals surface area (Å²) in [5, 5.41) is 2.24. The van der Waals surface area contributed by atoms with E-state index in [0.717, 1.165) is 53.2 Å². The minimum atomic E-state index is 0.883. The van der Waals surface area contributed by atoms with Gasteiger partial charge < -0.3 is 14.5 Å². The Kier molecular flexibility index (Phi) is 4.36. The minimum absolute atomic E-state index is 0.883. The predicted octanol–water partition coefficient (Wildman–Crippen LogP) is 4.86. The summed E-state index contributed by atoms with van der Waals surface area (Å²) in [5.41, 5.74) is 4.77. The summed E-state index contributed by atoms with van der Waals surface area (Å²) in [4.78, 5) is 14.6. The lowest BCUT2D eigenvalue weighted by atomic mass is 10.1. The highest BCUT2D eigenvalue weighted by atomic mass is 32.1. The number of ether oxygens (including phenoxy) is 1. The fourth-order valence-electron chi connectivity index (χ4n) is 3.63. The molecule has 1 aliphatic rings. The zero-order valence-electron chi connectivity index (χ0n) is 16.2. The van der Waals surface area contributed by atoms with Gasteiger partial charge in [-0.1, -0.05) is 34.8 Å². The van der Waals surface area contributed by atoms with Gasteiger partial charge in [0.25, 0.3) is 0 Å². The van der Waals surface area contributed by atoms with Crippen LogP contribution in [0.1, 0.15) is 11.1 Å². The molecule has 4 aromatic rings.